The standard InChI is InChI=1S/C16H20FN3O4/c17-12-6-5-11(8-14(12)20(23)24)7-13(16(18)22)19-15(21)9-10-3-1-2-4-10/h5-6,8,10,13H,1-4,7,9H2,(H2,18,22)(H,19,21)/t13-/m1/s1. The van der Waals surface area contributed by atoms with Crippen molar-refractivity contribution in [2.45, 2.75) is 44.6 Å². The van der Waals surface area contributed by atoms with E-state index in [1.807, 2.05) is 0 Å². The Labute approximate surface area is 138 Å². The van der Waals surface area contributed by atoms with Crippen molar-refractivity contribution >= 4 is 17.5 Å². The van der Waals surface area contributed by atoms with Crippen LogP contribution in [0.2, 0.25) is 0 Å². The average Bonchev–Trinajstić information content (AvgIpc) is 3.00. The zero-order chi connectivity index (χ0) is 17.7. The van der Waals surface area contributed by atoms with Crippen molar-refractivity contribution < 1.29 is 18.9 Å². The molecular weight excluding hydrogens is 317 g/mol. The van der Waals surface area contributed by atoms with E-state index >= 15 is 0 Å². The summed E-state index contributed by atoms with van der Waals surface area (Å²) >= 11 is 0. The summed E-state index contributed by atoms with van der Waals surface area (Å²) < 4.78 is 13.4. The second-order valence-corrected chi connectivity index (χ2v) is 6.12. The average molecular weight is 337 g/mol. The zero-order valence-electron chi connectivity index (χ0n) is 13.2. The van der Waals surface area contributed by atoms with Gasteiger partial charge in [0.2, 0.25) is 17.6 Å². The number of nitrogens with two attached hydrogens (primary N) is 1. The summed E-state index contributed by atoms with van der Waals surface area (Å²) in [4.78, 5) is 33.5. The molecule has 1 aromatic carbocycles. The molecule has 0 unspecified atom stereocenters. The lowest BCUT2D eigenvalue weighted by atomic mass is 10.0. The molecule has 0 aromatic heterocycles. The molecule has 2 amide bonds. The van der Waals surface area contributed by atoms with Crippen LogP contribution < -0.4 is 11.1 Å². The number of nitrogens with one attached hydrogen (secondary N) is 1. The van der Waals surface area contributed by atoms with E-state index in [4.69, 9.17) is 5.73 Å². The fourth-order valence-corrected chi connectivity index (χ4v) is 3.01. The maximum absolute atomic E-state index is 13.4. The van der Waals surface area contributed by atoms with Crippen molar-refractivity contribution in [3.63, 3.8) is 0 Å². The molecule has 3 N–H and O–H groups in total. The largest absolute Gasteiger partial charge is 0.368 e. The Kier molecular flexibility index (Phi) is 5.83. The highest BCUT2D eigenvalue weighted by Crippen LogP contribution is 2.27. The van der Waals surface area contributed by atoms with Crippen molar-refractivity contribution in [1.29, 1.82) is 0 Å². The molecule has 24 heavy (non-hydrogen) atoms. The predicted molar refractivity (Wildman–Crippen MR) is 84.5 cm³/mol. The van der Waals surface area contributed by atoms with E-state index in [0.29, 0.717) is 17.9 Å². The number of benzene rings is 1. The van der Waals surface area contributed by atoms with Gasteiger partial charge in [-0.2, -0.15) is 4.39 Å². The molecule has 8 heteroatoms. The Morgan fingerprint density at radius 2 is 2.04 bits per heavy atom. The van der Waals surface area contributed by atoms with Crippen molar-refractivity contribution in [2.24, 2.45) is 11.7 Å². The van der Waals surface area contributed by atoms with E-state index in [1.165, 1.54) is 6.07 Å². The van der Waals surface area contributed by atoms with Crippen LogP contribution in [0.25, 0.3) is 0 Å². The molecular formula is C16H20FN3O4. The third-order valence-electron chi connectivity index (χ3n) is 4.27. The van der Waals surface area contributed by atoms with Crippen molar-refractivity contribution in [3.8, 4) is 0 Å². The highest BCUT2D eigenvalue weighted by atomic mass is 19.1. The number of hydrogen-bond acceptors (Lipinski definition) is 4. The molecule has 1 atom stereocenters. The minimum Gasteiger partial charge on any atom is -0.368 e. The van der Waals surface area contributed by atoms with Crippen LogP contribution in [0.3, 0.4) is 0 Å². The molecule has 130 valence electrons. The van der Waals surface area contributed by atoms with Gasteiger partial charge in [-0.15, -0.1) is 0 Å². The first-order valence-electron chi connectivity index (χ1n) is 7.88. The van der Waals surface area contributed by atoms with E-state index in [1.54, 1.807) is 0 Å². The Morgan fingerprint density at radius 1 is 1.38 bits per heavy atom. The molecule has 1 aliphatic rings. The van der Waals surface area contributed by atoms with Crippen LogP contribution in [0.1, 0.15) is 37.7 Å². The van der Waals surface area contributed by atoms with Crippen LogP contribution in [0.4, 0.5) is 10.1 Å². The van der Waals surface area contributed by atoms with Crippen LogP contribution in [0.5, 0.6) is 0 Å². The first-order valence-corrected chi connectivity index (χ1v) is 7.88. The van der Waals surface area contributed by atoms with Crippen molar-refractivity contribution in [2.75, 3.05) is 0 Å². The third-order valence-corrected chi connectivity index (χ3v) is 4.27. The van der Waals surface area contributed by atoms with E-state index in [-0.39, 0.29) is 12.3 Å². The maximum atomic E-state index is 13.4. The molecule has 1 fully saturated rings. The molecule has 0 radical (unpaired) electrons. The van der Waals surface area contributed by atoms with Crippen LogP contribution in [0, 0.1) is 21.8 Å². The molecule has 1 aromatic rings. The molecule has 1 saturated carbocycles. The molecule has 2 rings (SSSR count). The second-order valence-electron chi connectivity index (χ2n) is 6.12. The van der Waals surface area contributed by atoms with E-state index in [2.05, 4.69) is 5.32 Å². The normalized spacial score (nSPS) is 15.9. The number of carbonyl (C=O) groups is 2. The topological polar surface area (TPSA) is 115 Å². The number of nitro benzene ring substituents is 1. The van der Waals surface area contributed by atoms with Gasteiger partial charge in [-0.1, -0.05) is 18.9 Å². The summed E-state index contributed by atoms with van der Waals surface area (Å²) in [5, 5.41) is 13.3. The predicted octanol–water partition coefficient (Wildman–Crippen LogP) is 1.83. The van der Waals surface area contributed by atoms with Gasteiger partial charge >= 0.3 is 5.69 Å². The van der Waals surface area contributed by atoms with Gasteiger partial charge in [-0.05, 0) is 30.4 Å². The van der Waals surface area contributed by atoms with Gasteiger partial charge in [0.05, 0.1) is 4.92 Å². The number of nitro groups is 1. The molecule has 0 aliphatic heterocycles. The number of rotatable bonds is 7. The van der Waals surface area contributed by atoms with Crippen LogP contribution in [-0.4, -0.2) is 22.8 Å². The highest BCUT2D eigenvalue weighted by Gasteiger charge is 2.24. The van der Waals surface area contributed by atoms with Crippen LogP contribution in [0.15, 0.2) is 18.2 Å². The third kappa shape index (κ3) is 4.74. The van der Waals surface area contributed by atoms with Gasteiger partial charge in [0.15, 0.2) is 0 Å². The summed E-state index contributed by atoms with van der Waals surface area (Å²) in [5.41, 5.74) is 4.99. The lowest BCUT2D eigenvalue weighted by Crippen LogP contribution is -2.46. The quantitative estimate of drug-likeness (QED) is 0.583. The fourth-order valence-electron chi connectivity index (χ4n) is 3.01. The number of hydrogen-bond donors (Lipinski definition) is 2. The SMILES string of the molecule is NC(=O)[C@@H](Cc1ccc(F)c([N+](=O)[O-])c1)NC(=O)CC1CCCC1. The maximum Gasteiger partial charge on any atom is 0.305 e. The number of halogens is 1. The van der Waals surface area contributed by atoms with E-state index in [0.717, 1.165) is 37.8 Å². The van der Waals surface area contributed by atoms with Gasteiger partial charge in [0.25, 0.3) is 0 Å². The lowest BCUT2D eigenvalue weighted by Gasteiger charge is -2.17. The Bertz CT molecular complexity index is 644. The van der Waals surface area contributed by atoms with Gasteiger partial charge < -0.3 is 11.1 Å². The molecule has 1 aliphatic carbocycles. The van der Waals surface area contributed by atoms with Gasteiger partial charge in [0, 0.05) is 18.9 Å². The van der Waals surface area contributed by atoms with Crippen molar-refractivity contribution in [1.82, 2.24) is 5.32 Å². The van der Waals surface area contributed by atoms with Gasteiger partial charge in [-0.25, -0.2) is 0 Å². The Balaban J connectivity index is 2.02. The number of amides is 2. The summed E-state index contributed by atoms with van der Waals surface area (Å²) in [5.74, 6) is -1.63. The lowest BCUT2D eigenvalue weighted by molar-refractivity contribution is -0.387. The first-order chi connectivity index (χ1) is 11.4. The minimum atomic E-state index is -0.982. The summed E-state index contributed by atoms with van der Waals surface area (Å²) in [6.07, 6.45) is 4.53. The van der Waals surface area contributed by atoms with Crippen LogP contribution in [-0.2, 0) is 16.0 Å². The van der Waals surface area contributed by atoms with E-state index < -0.39 is 28.4 Å². The molecule has 0 heterocycles. The molecule has 7 nitrogen and oxygen atoms in total. The van der Waals surface area contributed by atoms with Gasteiger partial charge in [-0.3, -0.25) is 19.7 Å². The second kappa shape index (κ2) is 7.85. The zero-order valence-corrected chi connectivity index (χ0v) is 13.2. The van der Waals surface area contributed by atoms with Crippen LogP contribution >= 0.6 is 0 Å². The minimum absolute atomic E-state index is 0.0210. The number of carbonyl (C=O) groups excluding carboxylic acids is 2. The Morgan fingerprint density at radius 3 is 2.62 bits per heavy atom. The highest BCUT2D eigenvalue weighted by molar-refractivity contribution is 5.86. The summed E-state index contributed by atoms with van der Waals surface area (Å²) in [6, 6.07) is 2.37. The first kappa shape index (κ1) is 17.8. The van der Waals surface area contributed by atoms with E-state index in [9.17, 15) is 24.1 Å². The molecule has 0 saturated heterocycles. The monoisotopic (exact) mass is 337 g/mol. The Hall–Kier alpha value is -2.51. The van der Waals surface area contributed by atoms with Crippen molar-refractivity contribution in [3.05, 3.63) is 39.7 Å². The molecule has 0 spiro atoms. The van der Waals surface area contributed by atoms with Gasteiger partial charge in [0.1, 0.15) is 6.04 Å². The summed E-state index contributed by atoms with van der Waals surface area (Å²) in [7, 11) is 0. The molecule has 0 bridgehead atoms. The fraction of sp³-hybridized carbons (Fsp3) is 0.500. The smallest absolute Gasteiger partial charge is 0.305 e. The number of primary amides is 1. The number of nitrogens with zero attached hydrogens (tertiary/aromatic N) is 1. The summed E-state index contributed by atoms with van der Waals surface area (Å²) in [6.45, 7) is 0.